The van der Waals surface area contributed by atoms with Gasteiger partial charge in [0.25, 0.3) is 11.6 Å². The summed E-state index contributed by atoms with van der Waals surface area (Å²) in [4.78, 5) is 46.3. The monoisotopic (exact) mass is 366 g/mol. The molecule has 0 bridgehead atoms. The van der Waals surface area contributed by atoms with Gasteiger partial charge in [0.15, 0.2) is 6.61 Å². The number of benzene rings is 1. The first kappa shape index (κ1) is 21.1. The fraction of sp³-hybridized carbons (Fsp3) is 0.471. The lowest BCUT2D eigenvalue weighted by atomic mass is 9.99. The number of aryl methyl sites for hydroxylation is 1. The summed E-state index contributed by atoms with van der Waals surface area (Å²) in [7, 11) is 1.21. The second-order valence-corrected chi connectivity index (χ2v) is 5.76. The Kier molecular flexibility index (Phi) is 7.70. The molecule has 0 aliphatic rings. The van der Waals surface area contributed by atoms with Crippen molar-refractivity contribution in [1.82, 2.24) is 5.32 Å². The molecule has 142 valence electrons. The van der Waals surface area contributed by atoms with Gasteiger partial charge < -0.3 is 14.8 Å². The zero-order chi connectivity index (χ0) is 19.9. The van der Waals surface area contributed by atoms with Crippen LogP contribution in [0.5, 0.6) is 0 Å². The van der Waals surface area contributed by atoms with E-state index in [1.165, 1.54) is 32.2 Å². The molecule has 9 heteroatoms. The number of carbonyl (C=O) groups excluding carboxylic acids is 3. The van der Waals surface area contributed by atoms with Crippen LogP contribution in [0.25, 0.3) is 0 Å². The molecule has 9 nitrogen and oxygen atoms in total. The molecule has 0 aromatic heterocycles. The molecular weight excluding hydrogens is 344 g/mol. The van der Waals surface area contributed by atoms with Gasteiger partial charge in [0.2, 0.25) is 0 Å². The Balaban J connectivity index is 2.79. The molecule has 0 saturated heterocycles. The fourth-order valence-electron chi connectivity index (χ4n) is 2.29. The van der Waals surface area contributed by atoms with Gasteiger partial charge in [-0.2, -0.15) is 0 Å². The molecule has 0 radical (unpaired) electrons. The summed E-state index contributed by atoms with van der Waals surface area (Å²) < 4.78 is 9.51. The van der Waals surface area contributed by atoms with Crippen molar-refractivity contribution in [3.63, 3.8) is 0 Å². The molecule has 0 aliphatic heterocycles. The van der Waals surface area contributed by atoms with Gasteiger partial charge in [-0.15, -0.1) is 0 Å². The largest absolute Gasteiger partial charge is 0.467 e. The predicted molar refractivity (Wildman–Crippen MR) is 91.5 cm³/mol. The lowest BCUT2D eigenvalue weighted by molar-refractivity contribution is -0.385. The van der Waals surface area contributed by atoms with Crippen molar-refractivity contribution in [3.05, 3.63) is 39.4 Å². The number of hydrogen-bond acceptors (Lipinski definition) is 7. The molecule has 1 aromatic rings. The van der Waals surface area contributed by atoms with Crippen LogP contribution in [-0.4, -0.2) is 42.5 Å². The number of carbonyl (C=O) groups is 3. The summed E-state index contributed by atoms with van der Waals surface area (Å²) in [5, 5.41) is 13.6. The SMILES string of the molecule is CCC(C)C(NC(=O)COC(=O)c1cccc(C)c1[N+](=O)[O-])C(=O)OC. The van der Waals surface area contributed by atoms with Crippen LogP contribution in [0.4, 0.5) is 5.69 Å². The number of methoxy groups -OCH3 is 1. The normalized spacial score (nSPS) is 12.6. The molecule has 1 amide bonds. The Morgan fingerprint density at radius 2 is 1.96 bits per heavy atom. The van der Waals surface area contributed by atoms with Gasteiger partial charge in [-0.1, -0.05) is 32.4 Å². The van der Waals surface area contributed by atoms with E-state index in [1.807, 2.05) is 6.92 Å². The summed E-state index contributed by atoms with van der Waals surface area (Å²) in [6, 6.07) is 3.36. The van der Waals surface area contributed by atoms with Gasteiger partial charge in [-0.3, -0.25) is 14.9 Å². The van der Waals surface area contributed by atoms with E-state index < -0.39 is 35.4 Å². The number of nitro benzene ring substituents is 1. The van der Waals surface area contributed by atoms with E-state index in [0.29, 0.717) is 12.0 Å². The summed E-state index contributed by atoms with van der Waals surface area (Å²) >= 11 is 0. The zero-order valence-electron chi connectivity index (χ0n) is 15.1. The molecule has 2 atom stereocenters. The highest BCUT2D eigenvalue weighted by Crippen LogP contribution is 2.23. The van der Waals surface area contributed by atoms with Crippen LogP contribution in [0.1, 0.15) is 36.2 Å². The Morgan fingerprint density at radius 1 is 1.31 bits per heavy atom. The molecule has 0 fully saturated rings. The molecule has 1 N–H and O–H groups in total. The van der Waals surface area contributed by atoms with Crippen molar-refractivity contribution in [1.29, 1.82) is 0 Å². The smallest absolute Gasteiger partial charge is 0.345 e. The maximum atomic E-state index is 12.1. The molecule has 1 aromatic carbocycles. The van der Waals surface area contributed by atoms with Gasteiger partial charge in [-0.25, -0.2) is 9.59 Å². The van der Waals surface area contributed by atoms with Crippen LogP contribution in [0, 0.1) is 23.0 Å². The average molecular weight is 366 g/mol. The Bertz CT molecular complexity index is 702. The summed E-state index contributed by atoms with van der Waals surface area (Å²) in [5.74, 6) is -2.48. The van der Waals surface area contributed by atoms with Crippen molar-refractivity contribution in [2.75, 3.05) is 13.7 Å². The summed E-state index contributed by atoms with van der Waals surface area (Å²) in [6.07, 6.45) is 0.620. The van der Waals surface area contributed by atoms with Gasteiger partial charge in [0.05, 0.1) is 12.0 Å². The van der Waals surface area contributed by atoms with Crippen LogP contribution in [-0.2, 0) is 19.1 Å². The number of nitrogens with one attached hydrogen (secondary N) is 1. The maximum Gasteiger partial charge on any atom is 0.345 e. The first-order valence-corrected chi connectivity index (χ1v) is 8.01. The molecule has 26 heavy (non-hydrogen) atoms. The minimum absolute atomic E-state index is 0.181. The molecule has 1 rings (SSSR count). The number of nitrogens with zero attached hydrogens (tertiary/aromatic N) is 1. The van der Waals surface area contributed by atoms with Crippen LogP contribution < -0.4 is 5.32 Å². The number of para-hydroxylation sites is 1. The van der Waals surface area contributed by atoms with Gasteiger partial charge in [0, 0.05) is 5.56 Å². The van der Waals surface area contributed by atoms with Crippen molar-refractivity contribution in [2.24, 2.45) is 5.92 Å². The van der Waals surface area contributed by atoms with Gasteiger partial charge >= 0.3 is 11.9 Å². The third kappa shape index (κ3) is 5.27. The molecule has 0 saturated carbocycles. The molecule has 0 heterocycles. The molecule has 0 spiro atoms. The van der Waals surface area contributed by atoms with Crippen LogP contribution >= 0.6 is 0 Å². The maximum absolute atomic E-state index is 12.1. The first-order valence-electron chi connectivity index (χ1n) is 8.01. The highest BCUT2D eigenvalue weighted by molar-refractivity contribution is 5.96. The highest BCUT2D eigenvalue weighted by Gasteiger charge is 2.28. The molecule has 0 aliphatic carbocycles. The van der Waals surface area contributed by atoms with E-state index in [4.69, 9.17) is 4.74 Å². The molecular formula is C17H22N2O7. The topological polar surface area (TPSA) is 125 Å². The van der Waals surface area contributed by atoms with E-state index in [2.05, 4.69) is 10.1 Å². The lowest BCUT2D eigenvalue weighted by Crippen LogP contribution is -2.47. The quantitative estimate of drug-likeness (QED) is 0.422. The van der Waals surface area contributed by atoms with Crippen LogP contribution in [0.3, 0.4) is 0 Å². The number of rotatable bonds is 8. The highest BCUT2D eigenvalue weighted by atomic mass is 16.6. The van der Waals surface area contributed by atoms with Crippen molar-refractivity contribution >= 4 is 23.5 Å². The second kappa shape index (κ2) is 9.50. The van der Waals surface area contributed by atoms with Gasteiger partial charge in [0.1, 0.15) is 11.6 Å². The Labute approximate surface area is 150 Å². The predicted octanol–water partition coefficient (Wildman–Crippen LogP) is 1.76. The Hall–Kier alpha value is -2.97. The third-order valence-corrected chi connectivity index (χ3v) is 3.96. The van der Waals surface area contributed by atoms with E-state index in [-0.39, 0.29) is 17.2 Å². The zero-order valence-corrected chi connectivity index (χ0v) is 15.1. The van der Waals surface area contributed by atoms with Crippen LogP contribution in [0.15, 0.2) is 18.2 Å². The van der Waals surface area contributed by atoms with Gasteiger partial charge in [-0.05, 0) is 18.9 Å². The van der Waals surface area contributed by atoms with E-state index in [1.54, 1.807) is 6.92 Å². The molecule has 2 unspecified atom stereocenters. The van der Waals surface area contributed by atoms with E-state index >= 15 is 0 Å². The number of nitro groups is 1. The summed E-state index contributed by atoms with van der Waals surface area (Å²) in [6.45, 7) is 4.44. The number of esters is 2. The average Bonchev–Trinajstić information content (AvgIpc) is 2.62. The van der Waals surface area contributed by atoms with Crippen molar-refractivity contribution in [2.45, 2.75) is 33.2 Å². The first-order chi connectivity index (χ1) is 12.2. The van der Waals surface area contributed by atoms with Crippen molar-refractivity contribution in [3.8, 4) is 0 Å². The Morgan fingerprint density at radius 3 is 2.50 bits per heavy atom. The second-order valence-electron chi connectivity index (χ2n) is 5.76. The minimum atomic E-state index is -0.992. The lowest BCUT2D eigenvalue weighted by Gasteiger charge is -2.21. The van der Waals surface area contributed by atoms with E-state index in [9.17, 15) is 24.5 Å². The van der Waals surface area contributed by atoms with Crippen LogP contribution in [0.2, 0.25) is 0 Å². The van der Waals surface area contributed by atoms with Crippen molar-refractivity contribution < 1.29 is 28.8 Å². The standard InChI is InChI=1S/C17H22N2O7/c1-5-10(2)14(17(22)25-4)18-13(20)9-26-16(21)12-8-6-7-11(3)15(12)19(23)24/h6-8,10,14H,5,9H2,1-4H3,(H,18,20). The summed E-state index contributed by atoms with van der Waals surface area (Å²) in [5.41, 5.74) is -0.310. The fourth-order valence-corrected chi connectivity index (χ4v) is 2.29. The third-order valence-electron chi connectivity index (χ3n) is 3.96. The minimum Gasteiger partial charge on any atom is -0.467 e. The number of amides is 1. The number of ether oxygens (including phenoxy) is 2. The van der Waals surface area contributed by atoms with E-state index in [0.717, 1.165) is 0 Å². The number of hydrogen-bond donors (Lipinski definition) is 1.